The van der Waals surface area contributed by atoms with E-state index in [-0.39, 0.29) is 5.54 Å². The Morgan fingerprint density at radius 3 is 2.50 bits per heavy atom. The van der Waals surface area contributed by atoms with Gasteiger partial charge in [0, 0.05) is 23.2 Å². The molecule has 0 atom stereocenters. The lowest BCUT2D eigenvalue weighted by Crippen LogP contribution is -2.37. The molecule has 2 rings (SSSR count). The van der Waals surface area contributed by atoms with Gasteiger partial charge in [-0.25, -0.2) is 0 Å². The van der Waals surface area contributed by atoms with Gasteiger partial charge in [0.2, 0.25) is 0 Å². The van der Waals surface area contributed by atoms with Gasteiger partial charge < -0.3 is 19.2 Å². The molecule has 2 aromatic rings. The Kier molecular flexibility index (Phi) is 4.23. The van der Waals surface area contributed by atoms with Crippen LogP contribution in [0.15, 0.2) is 22.8 Å². The highest BCUT2D eigenvalue weighted by Gasteiger charge is 2.14. The molecule has 110 valence electrons. The third-order valence-corrected chi connectivity index (χ3v) is 3.19. The van der Waals surface area contributed by atoms with E-state index in [0.29, 0.717) is 0 Å². The van der Waals surface area contributed by atoms with Crippen LogP contribution in [-0.2, 0) is 6.42 Å². The first-order valence-electron chi connectivity index (χ1n) is 6.82. The van der Waals surface area contributed by atoms with Crippen LogP contribution in [0.25, 0.3) is 11.0 Å². The summed E-state index contributed by atoms with van der Waals surface area (Å²) in [6.45, 7) is 7.37. The van der Waals surface area contributed by atoms with Crippen LogP contribution in [0.2, 0.25) is 0 Å². The molecule has 0 bridgehead atoms. The molecule has 0 unspecified atom stereocenters. The number of ether oxygens (including phenoxy) is 2. The van der Waals surface area contributed by atoms with Crippen molar-refractivity contribution in [3.05, 3.63) is 24.0 Å². The van der Waals surface area contributed by atoms with Crippen LogP contribution in [0.5, 0.6) is 11.5 Å². The molecule has 0 aliphatic carbocycles. The minimum Gasteiger partial charge on any atom is -0.496 e. The Hall–Kier alpha value is -1.68. The summed E-state index contributed by atoms with van der Waals surface area (Å²) < 4.78 is 16.3. The van der Waals surface area contributed by atoms with Gasteiger partial charge in [-0.3, -0.25) is 0 Å². The smallest absolute Gasteiger partial charge is 0.141 e. The Morgan fingerprint density at radius 1 is 1.15 bits per heavy atom. The van der Waals surface area contributed by atoms with Gasteiger partial charge in [-0.15, -0.1) is 0 Å². The van der Waals surface area contributed by atoms with E-state index >= 15 is 0 Å². The molecule has 0 fully saturated rings. The Morgan fingerprint density at radius 2 is 1.90 bits per heavy atom. The summed E-state index contributed by atoms with van der Waals surface area (Å²) >= 11 is 0. The lowest BCUT2D eigenvalue weighted by molar-refractivity contribution is 0.397. The van der Waals surface area contributed by atoms with Crippen LogP contribution in [0.4, 0.5) is 0 Å². The molecule has 20 heavy (non-hydrogen) atoms. The fraction of sp³-hybridized carbons (Fsp3) is 0.500. The topological polar surface area (TPSA) is 43.6 Å². The molecular weight excluding hydrogens is 254 g/mol. The van der Waals surface area contributed by atoms with Crippen LogP contribution < -0.4 is 14.8 Å². The average molecular weight is 277 g/mol. The van der Waals surface area contributed by atoms with Crippen LogP contribution in [-0.4, -0.2) is 26.3 Å². The van der Waals surface area contributed by atoms with E-state index in [4.69, 9.17) is 13.9 Å². The maximum atomic E-state index is 5.63. The van der Waals surface area contributed by atoms with Gasteiger partial charge in [0.25, 0.3) is 0 Å². The van der Waals surface area contributed by atoms with Crippen LogP contribution >= 0.6 is 0 Å². The van der Waals surface area contributed by atoms with Crippen LogP contribution in [0, 0.1) is 0 Å². The second kappa shape index (κ2) is 5.75. The summed E-state index contributed by atoms with van der Waals surface area (Å²) in [7, 11) is 3.30. The SMILES string of the molecule is COc1cc(OC)c2c(CCNC(C)(C)C)coc2c1. The maximum Gasteiger partial charge on any atom is 0.141 e. The van der Waals surface area contributed by atoms with Crippen LogP contribution in [0.3, 0.4) is 0 Å². The third kappa shape index (κ3) is 3.25. The predicted octanol–water partition coefficient (Wildman–Crippen LogP) is 3.38. The van der Waals surface area contributed by atoms with E-state index in [1.807, 2.05) is 12.1 Å². The van der Waals surface area contributed by atoms with Crippen molar-refractivity contribution in [1.82, 2.24) is 5.32 Å². The van der Waals surface area contributed by atoms with Crippen LogP contribution in [0.1, 0.15) is 26.3 Å². The fourth-order valence-corrected chi connectivity index (χ4v) is 2.20. The minimum atomic E-state index is 0.118. The molecule has 0 aliphatic heterocycles. The molecule has 4 heteroatoms. The van der Waals surface area contributed by atoms with E-state index in [2.05, 4.69) is 26.1 Å². The molecule has 0 aliphatic rings. The number of furan rings is 1. The highest BCUT2D eigenvalue weighted by atomic mass is 16.5. The first kappa shape index (κ1) is 14.7. The summed E-state index contributed by atoms with van der Waals surface area (Å²) in [4.78, 5) is 0. The molecule has 1 aromatic carbocycles. The fourth-order valence-electron chi connectivity index (χ4n) is 2.20. The second-order valence-corrected chi connectivity index (χ2v) is 5.89. The van der Waals surface area contributed by atoms with E-state index in [1.165, 1.54) is 0 Å². The highest BCUT2D eigenvalue weighted by Crippen LogP contribution is 2.35. The maximum absolute atomic E-state index is 5.63. The Balaban J connectivity index is 2.26. The molecule has 0 saturated carbocycles. The molecular formula is C16H23NO3. The van der Waals surface area contributed by atoms with Crippen molar-refractivity contribution >= 4 is 11.0 Å². The standard InChI is InChI=1S/C16H23NO3/c1-16(2,3)17-7-6-11-10-20-14-9-12(18-4)8-13(19-5)15(11)14/h8-10,17H,6-7H2,1-5H3. The van der Waals surface area contributed by atoms with E-state index in [0.717, 1.165) is 41.0 Å². The van der Waals surface area contributed by atoms with Gasteiger partial charge in [0.1, 0.15) is 17.1 Å². The van der Waals surface area contributed by atoms with E-state index in [9.17, 15) is 0 Å². The summed E-state index contributed by atoms with van der Waals surface area (Å²) in [6.07, 6.45) is 2.70. The lowest BCUT2D eigenvalue weighted by Gasteiger charge is -2.20. The van der Waals surface area contributed by atoms with Gasteiger partial charge >= 0.3 is 0 Å². The Bertz CT molecular complexity index is 581. The first-order valence-corrected chi connectivity index (χ1v) is 6.82. The number of rotatable bonds is 5. The lowest BCUT2D eigenvalue weighted by atomic mass is 10.1. The molecule has 4 nitrogen and oxygen atoms in total. The molecule has 0 radical (unpaired) electrons. The minimum absolute atomic E-state index is 0.118. The van der Waals surface area contributed by atoms with Crippen molar-refractivity contribution in [3.8, 4) is 11.5 Å². The average Bonchev–Trinajstić information content (AvgIpc) is 2.79. The van der Waals surface area contributed by atoms with Crippen molar-refractivity contribution in [1.29, 1.82) is 0 Å². The zero-order valence-corrected chi connectivity index (χ0v) is 12.9. The first-order chi connectivity index (χ1) is 9.44. The number of benzene rings is 1. The number of methoxy groups -OCH3 is 2. The van der Waals surface area contributed by atoms with Crippen molar-refractivity contribution < 1.29 is 13.9 Å². The quantitative estimate of drug-likeness (QED) is 0.910. The van der Waals surface area contributed by atoms with E-state index < -0.39 is 0 Å². The summed E-state index contributed by atoms with van der Waals surface area (Å²) in [5.41, 5.74) is 2.07. The molecule has 1 aromatic heterocycles. The predicted molar refractivity (Wildman–Crippen MR) is 80.8 cm³/mol. The van der Waals surface area contributed by atoms with Gasteiger partial charge in [0.15, 0.2) is 0 Å². The number of nitrogens with one attached hydrogen (secondary N) is 1. The third-order valence-electron chi connectivity index (χ3n) is 3.19. The summed E-state index contributed by atoms with van der Waals surface area (Å²) in [5.74, 6) is 1.53. The number of hydrogen-bond acceptors (Lipinski definition) is 4. The molecule has 1 N–H and O–H groups in total. The van der Waals surface area contributed by atoms with Crippen molar-refractivity contribution in [2.45, 2.75) is 32.7 Å². The molecule has 0 amide bonds. The monoisotopic (exact) mass is 277 g/mol. The number of fused-ring (bicyclic) bond motifs is 1. The van der Waals surface area contributed by atoms with E-state index in [1.54, 1.807) is 20.5 Å². The van der Waals surface area contributed by atoms with Gasteiger partial charge in [-0.2, -0.15) is 0 Å². The normalized spacial score (nSPS) is 11.8. The highest BCUT2D eigenvalue weighted by molar-refractivity contribution is 5.89. The zero-order chi connectivity index (χ0) is 14.8. The molecule has 0 spiro atoms. The zero-order valence-electron chi connectivity index (χ0n) is 12.9. The summed E-state index contributed by atoms with van der Waals surface area (Å²) in [5, 5.41) is 4.51. The van der Waals surface area contributed by atoms with Gasteiger partial charge in [0.05, 0.1) is 25.9 Å². The largest absolute Gasteiger partial charge is 0.496 e. The van der Waals surface area contributed by atoms with Crippen molar-refractivity contribution in [2.24, 2.45) is 0 Å². The number of hydrogen-bond donors (Lipinski definition) is 1. The van der Waals surface area contributed by atoms with Gasteiger partial charge in [-0.05, 0) is 33.7 Å². The van der Waals surface area contributed by atoms with Crippen molar-refractivity contribution in [2.75, 3.05) is 20.8 Å². The van der Waals surface area contributed by atoms with Gasteiger partial charge in [-0.1, -0.05) is 0 Å². The second-order valence-electron chi connectivity index (χ2n) is 5.89. The molecule has 0 saturated heterocycles. The Labute approximate surface area is 120 Å². The molecule has 1 heterocycles. The van der Waals surface area contributed by atoms with Crippen molar-refractivity contribution in [3.63, 3.8) is 0 Å². The summed E-state index contributed by atoms with van der Waals surface area (Å²) in [6, 6.07) is 3.77.